The quantitative estimate of drug-likeness (QED) is 0.805. The first kappa shape index (κ1) is 11.6. The van der Waals surface area contributed by atoms with Crippen molar-refractivity contribution < 1.29 is 0 Å². The predicted octanol–water partition coefficient (Wildman–Crippen LogP) is 1.57. The van der Waals surface area contributed by atoms with Gasteiger partial charge in [0.2, 0.25) is 0 Å². The maximum Gasteiger partial charge on any atom is 0.0597 e. The number of thioether (sulfide) groups is 1. The van der Waals surface area contributed by atoms with Gasteiger partial charge in [-0.15, -0.1) is 0 Å². The molecule has 1 rings (SSSR count). The zero-order valence-electron chi connectivity index (χ0n) is 9.37. The Labute approximate surface area is 90.3 Å². The molecule has 1 N–H and O–H groups in total. The first-order valence-electron chi connectivity index (χ1n) is 4.86. The van der Waals surface area contributed by atoms with Crippen molar-refractivity contribution in [3.63, 3.8) is 0 Å². The van der Waals surface area contributed by atoms with E-state index in [1.807, 2.05) is 30.4 Å². The minimum Gasteiger partial charge on any atom is -0.310 e. The molecule has 0 aliphatic rings. The van der Waals surface area contributed by atoms with Crippen molar-refractivity contribution in [1.82, 2.24) is 15.1 Å². The number of hydrogen-bond donors (Lipinski definition) is 1. The second-order valence-corrected chi connectivity index (χ2v) is 4.85. The first-order chi connectivity index (χ1) is 6.63. The van der Waals surface area contributed by atoms with Crippen LogP contribution in [-0.4, -0.2) is 27.8 Å². The fourth-order valence-electron chi connectivity index (χ4n) is 1.32. The molecule has 0 radical (unpaired) electrons. The van der Waals surface area contributed by atoms with E-state index in [2.05, 4.69) is 29.7 Å². The molecule has 0 saturated carbocycles. The van der Waals surface area contributed by atoms with Gasteiger partial charge in [0.05, 0.1) is 11.4 Å². The van der Waals surface area contributed by atoms with Crippen molar-refractivity contribution in [1.29, 1.82) is 0 Å². The summed E-state index contributed by atoms with van der Waals surface area (Å²) < 4.78 is 1.94. The largest absolute Gasteiger partial charge is 0.310 e. The second kappa shape index (κ2) is 5.41. The van der Waals surface area contributed by atoms with Gasteiger partial charge in [0.15, 0.2) is 0 Å². The number of nitrogens with zero attached hydrogens (tertiary/aromatic N) is 2. The molecule has 0 amide bonds. The van der Waals surface area contributed by atoms with Gasteiger partial charge in [-0.2, -0.15) is 16.9 Å². The lowest BCUT2D eigenvalue weighted by Gasteiger charge is -2.09. The highest BCUT2D eigenvalue weighted by Gasteiger charge is 2.02. The fraction of sp³-hybridized carbons (Fsp3) is 0.700. The molecular formula is C10H19N3S. The van der Waals surface area contributed by atoms with Crippen LogP contribution in [0.4, 0.5) is 0 Å². The zero-order valence-corrected chi connectivity index (χ0v) is 10.2. The Morgan fingerprint density at radius 1 is 1.64 bits per heavy atom. The summed E-state index contributed by atoms with van der Waals surface area (Å²) in [5.74, 6) is 0. The molecule has 14 heavy (non-hydrogen) atoms. The minimum absolute atomic E-state index is 0.671. The molecule has 1 aromatic heterocycles. The van der Waals surface area contributed by atoms with Crippen LogP contribution in [0.15, 0.2) is 6.07 Å². The smallest absolute Gasteiger partial charge is 0.0597 e. The zero-order chi connectivity index (χ0) is 10.6. The Kier molecular flexibility index (Phi) is 4.48. The molecule has 0 spiro atoms. The average Bonchev–Trinajstić information content (AvgIpc) is 2.45. The standard InChI is InChI=1S/C10H19N3S/c1-8-5-10(13(3)12-8)7-11-6-9(2)14-4/h5,9,11H,6-7H2,1-4H3. The number of aryl methyl sites for hydroxylation is 2. The molecule has 0 aliphatic carbocycles. The van der Waals surface area contributed by atoms with Gasteiger partial charge in [-0.3, -0.25) is 4.68 Å². The molecule has 0 bridgehead atoms. The summed E-state index contributed by atoms with van der Waals surface area (Å²) in [5, 5.41) is 8.40. The van der Waals surface area contributed by atoms with E-state index >= 15 is 0 Å². The first-order valence-corrected chi connectivity index (χ1v) is 6.15. The summed E-state index contributed by atoms with van der Waals surface area (Å²) in [6, 6.07) is 2.12. The third-order valence-corrected chi connectivity index (χ3v) is 3.21. The van der Waals surface area contributed by atoms with Crippen LogP contribution in [0.5, 0.6) is 0 Å². The molecule has 1 unspecified atom stereocenters. The summed E-state index contributed by atoms with van der Waals surface area (Å²) in [4.78, 5) is 0. The fourth-order valence-corrected chi connectivity index (χ4v) is 1.60. The van der Waals surface area contributed by atoms with E-state index in [9.17, 15) is 0 Å². The van der Waals surface area contributed by atoms with Gasteiger partial charge in [-0.05, 0) is 19.2 Å². The van der Waals surface area contributed by atoms with Crippen LogP contribution in [0.25, 0.3) is 0 Å². The monoisotopic (exact) mass is 213 g/mol. The average molecular weight is 213 g/mol. The Bertz CT molecular complexity index is 283. The Morgan fingerprint density at radius 3 is 2.86 bits per heavy atom. The molecule has 3 nitrogen and oxygen atoms in total. The molecule has 80 valence electrons. The molecular weight excluding hydrogens is 194 g/mol. The lowest BCUT2D eigenvalue weighted by molar-refractivity contribution is 0.623. The van der Waals surface area contributed by atoms with Crippen LogP contribution in [0, 0.1) is 6.92 Å². The van der Waals surface area contributed by atoms with Crippen molar-refractivity contribution in [2.45, 2.75) is 25.6 Å². The van der Waals surface area contributed by atoms with E-state index in [1.165, 1.54) is 5.69 Å². The molecule has 4 heteroatoms. The normalized spacial score (nSPS) is 13.1. The number of nitrogens with one attached hydrogen (secondary N) is 1. The second-order valence-electron chi connectivity index (χ2n) is 3.58. The van der Waals surface area contributed by atoms with Crippen LogP contribution in [0.3, 0.4) is 0 Å². The molecule has 1 heterocycles. The molecule has 0 aliphatic heterocycles. The number of aromatic nitrogens is 2. The van der Waals surface area contributed by atoms with Gasteiger partial charge in [0, 0.05) is 25.4 Å². The van der Waals surface area contributed by atoms with Gasteiger partial charge in [0.1, 0.15) is 0 Å². The Hall–Kier alpha value is -0.480. The summed E-state index contributed by atoms with van der Waals surface area (Å²) in [6.07, 6.45) is 2.14. The number of rotatable bonds is 5. The van der Waals surface area contributed by atoms with Gasteiger partial charge in [-0.25, -0.2) is 0 Å². The highest BCUT2D eigenvalue weighted by atomic mass is 32.2. The molecule has 1 aromatic rings. The van der Waals surface area contributed by atoms with E-state index in [1.54, 1.807) is 0 Å². The number of hydrogen-bond acceptors (Lipinski definition) is 3. The van der Waals surface area contributed by atoms with Gasteiger partial charge < -0.3 is 5.32 Å². The maximum atomic E-state index is 4.30. The highest BCUT2D eigenvalue weighted by Crippen LogP contribution is 2.04. The maximum absolute atomic E-state index is 4.30. The highest BCUT2D eigenvalue weighted by molar-refractivity contribution is 7.99. The van der Waals surface area contributed by atoms with Crippen molar-refractivity contribution in [3.8, 4) is 0 Å². The lowest BCUT2D eigenvalue weighted by atomic mass is 10.3. The van der Waals surface area contributed by atoms with Gasteiger partial charge >= 0.3 is 0 Å². The predicted molar refractivity (Wildman–Crippen MR) is 62.6 cm³/mol. The van der Waals surface area contributed by atoms with Crippen molar-refractivity contribution in [2.24, 2.45) is 7.05 Å². The topological polar surface area (TPSA) is 29.9 Å². The van der Waals surface area contributed by atoms with Crippen molar-refractivity contribution >= 4 is 11.8 Å². The minimum atomic E-state index is 0.671. The molecule has 0 fully saturated rings. The third kappa shape index (κ3) is 3.35. The van der Waals surface area contributed by atoms with E-state index in [4.69, 9.17) is 0 Å². The van der Waals surface area contributed by atoms with E-state index in [0.29, 0.717) is 5.25 Å². The van der Waals surface area contributed by atoms with E-state index in [-0.39, 0.29) is 0 Å². The summed E-state index contributed by atoms with van der Waals surface area (Å²) >= 11 is 1.88. The van der Waals surface area contributed by atoms with Crippen LogP contribution in [0.1, 0.15) is 18.3 Å². The van der Waals surface area contributed by atoms with Gasteiger partial charge in [-0.1, -0.05) is 6.92 Å². The van der Waals surface area contributed by atoms with Crippen LogP contribution in [0.2, 0.25) is 0 Å². The van der Waals surface area contributed by atoms with Crippen molar-refractivity contribution in [3.05, 3.63) is 17.5 Å². The SMILES string of the molecule is CSC(C)CNCc1cc(C)nn1C. The molecule has 1 atom stereocenters. The van der Waals surface area contributed by atoms with E-state index in [0.717, 1.165) is 18.8 Å². The van der Waals surface area contributed by atoms with Crippen LogP contribution >= 0.6 is 11.8 Å². The lowest BCUT2D eigenvalue weighted by Crippen LogP contribution is -2.23. The van der Waals surface area contributed by atoms with Crippen molar-refractivity contribution in [2.75, 3.05) is 12.8 Å². The molecule has 0 aromatic carbocycles. The third-order valence-electron chi connectivity index (χ3n) is 2.24. The van der Waals surface area contributed by atoms with Crippen LogP contribution < -0.4 is 5.32 Å². The van der Waals surface area contributed by atoms with E-state index < -0.39 is 0 Å². The summed E-state index contributed by atoms with van der Waals surface area (Å²) in [7, 11) is 1.99. The Morgan fingerprint density at radius 2 is 2.36 bits per heavy atom. The summed E-state index contributed by atoms with van der Waals surface area (Å²) in [5.41, 5.74) is 2.33. The van der Waals surface area contributed by atoms with Crippen LogP contribution in [-0.2, 0) is 13.6 Å². The Balaban J connectivity index is 2.34. The summed E-state index contributed by atoms with van der Waals surface area (Å²) in [6.45, 7) is 6.20. The molecule has 0 saturated heterocycles. The van der Waals surface area contributed by atoms with Gasteiger partial charge in [0.25, 0.3) is 0 Å².